The lowest BCUT2D eigenvalue weighted by Gasteiger charge is -2.31. The van der Waals surface area contributed by atoms with Crippen LogP contribution in [0.3, 0.4) is 0 Å². The van der Waals surface area contributed by atoms with Crippen LogP contribution >= 0.6 is 0 Å². The van der Waals surface area contributed by atoms with Crippen LogP contribution in [0.4, 0.5) is 5.82 Å². The molecule has 100 valence electrons. The van der Waals surface area contributed by atoms with Gasteiger partial charge in [-0.1, -0.05) is 27.7 Å². The van der Waals surface area contributed by atoms with Crippen molar-refractivity contribution in [3.8, 4) is 0 Å². The number of carbonyl (C=O) groups is 1. The van der Waals surface area contributed by atoms with E-state index < -0.39 is 5.91 Å². The van der Waals surface area contributed by atoms with E-state index in [9.17, 15) is 4.79 Å². The van der Waals surface area contributed by atoms with Gasteiger partial charge in [-0.15, -0.1) is 0 Å². The molecular formula is C13H22N4O. The van der Waals surface area contributed by atoms with Gasteiger partial charge in [-0.05, 0) is 18.8 Å². The lowest BCUT2D eigenvalue weighted by atomic mass is 9.85. The minimum Gasteiger partial charge on any atom is -0.366 e. The van der Waals surface area contributed by atoms with Crippen LogP contribution in [-0.4, -0.2) is 21.9 Å². The molecule has 1 rings (SSSR count). The molecule has 18 heavy (non-hydrogen) atoms. The fraction of sp³-hybridized carbons (Fsp3) is 0.615. The van der Waals surface area contributed by atoms with Crippen molar-refractivity contribution < 1.29 is 4.79 Å². The Hall–Kier alpha value is -1.65. The molecule has 1 amide bonds. The van der Waals surface area contributed by atoms with Crippen molar-refractivity contribution in [1.29, 1.82) is 0 Å². The normalized spacial score (nSPS) is 13.2. The highest BCUT2D eigenvalue weighted by Gasteiger charge is 2.24. The van der Waals surface area contributed by atoms with Crippen LogP contribution in [-0.2, 0) is 0 Å². The van der Waals surface area contributed by atoms with Crippen LogP contribution in [0.2, 0.25) is 0 Å². The molecule has 0 saturated heterocycles. The molecule has 0 saturated carbocycles. The minimum absolute atomic E-state index is 0.0719. The highest BCUT2D eigenvalue weighted by Crippen LogP contribution is 2.25. The first kappa shape index (κ1) is 14.4. The number of aromatic nitrogens is 2. The molecule has 1 atom stereocenters. The molecule has 0 aliphatic carbocycles. The summed E-state index contributed by atoms with van der Waals surface area (Å²) in [5, 5.41) is 3.31. The fourth-order valence-corrected chi connectivity index (χ4v) is 1.86. The average molecular weight is 250 g/mol. The van der Waals surface area contributed by atoms with Gasteiger partial charge in [0.25, 0.3) is 5.91 Å². The maximum absolute atomic E-state index is 11.4. The summed E-state index contributed by atoms with van der Waals surface area (Å²) in [7, 11) is 0. The number of nitrogens with zero attached hydrogens (tertiary/aromatic N) is 2. The predicted molar refractivity (Wildman–Crippen MR) is 72.4 cm³/mol. The summed E-state index contributed by atoms with van der Waals surface area (Å²) in [6.07, 6.45) is 2.41. The van der Waals surface area contributed by atoms with E-state index in [1.54, 1.807) is 6.92 Å². The molecule has 1 heterocycles. The lowest BCUT2D eigenvalue weighted by Crippen LogP contribution is -2.34. The summed E-state index contributed by atoms with van der Waals surface area (Å²) in [6.45, 7) is 10.3. The smallest absolute Gasteiger partial charge is 0.254 e. The minimum atomic E-state index is -0.513. The van der Waals surface area contributed by atoms with Gasteiger partial charge in [0.1, 0.15) is 11.6 Å². The Kier molecular flexibility index (Phi) is 4.27. The van der Waals surface area contributed by atoms with Crippen molar-refractivity contribution in [3.05, 3.63) is 17.6 Å². The fourth-order valence-electron chi connectivity index (χ4n) is 1.86. The maximum Gasteiger partial charge on any atom is 0.254 e. The number of amides is 1. The highest BCUT2D eigenvalue weighted by molar-refractivity contribution is 5.97. The van der Waals surface area contributed by atoms with Crippen LogP contribution in [0.5, 0.6) is 0 Å². The van der Waals surface area contributed by atoms with E-state index in [0.29, 0.717) is 17.2 Å². The molecule has 0 bridgehead atoms. The van der Waals surface area contributed by atoms with Gasteiger partial charge >= 0.3 is 0 Å². The van der Waals surface area contributed by atoms with Crippen LogP contribution in [0.1, 0.15) is 50.3 Å². The van der Waals surface area contributed by atoms with Crippen molar-refractivity contribution in [2.24, 2.45) is 11.1 Å². The molecule has 0 aromatic carbocycles. The largest absolute Gasteiger partial charge is 0.366 e. The summed E-state index contributed by atoms with van der Waals surface area (Å²) in [6, 6.07) is 0.213. The number of aryl methyl sites for hydroxylation is 1. The molecule has 3 N–H and O–H groups in total. The van der Waals surface area contributed by atoms with E-state index in [1.807, 2.05) is 0 Å². The average Bonchev–Trinajstić information content (AvgIpc) is 2.23. The lowest BCUT2D eigenvalue weighted by molar-refractivity contribution is 0.1000. The number of carbonyl (C=O) groups excluding carboxylic acids is 1. The molecule has 5 heteroatoms. The van der Waals surface area contributed by atoms with Crippen molar-refractivity contribution in [2.75, 3.05) is 5.32 Å². The first-order valence-corrected chi connectivity index (χ1v) is 6.15. The zero-order valence-corrected chi connectivity index (χ0v) is 11.7. The zero-order valence-electron chi connectivity index (χ0n) is 11.7. The molecule has 0 fully saturated rings. The topological polar surface area (TPSA) is 80.9 Å². The Morgan fingerprint density at radius 3 is 2.56 bits per heavy atom. The van der Waals surface area contributed by atoms with Gasteiger partial charge in [-0.25, -0.2) is 9.97 Å². The van der Waals surface area contributed by atoms with E-state index in [0.717, 1.165) is 6.42 Å². The molecule has 0 aliphatic rings. The molecule has 0 unspecified atom stereocenters. The van der Waals surface area contributed by atoms with Gasteiger partial charge in [0.2, 0.25) is 0 Å². The Morgan fingerprint density at radius 2 is 2.11 bits per heavy atom. The van der Waals surface area contributed by atoms with Crippen molar-refractivity contribution in [1.82, 2.24) is 9.97 Å². The maximum atomic E-state index is 11.4. The molecule has 0 spiro atoms. The van der Waals surface area contributed by atoms with Gasteiger partial charge in [0, 0.05) is 12.2 Å². The third-order valence-corrected chi connectivity index (χ3v) is 2.94. The molecular weight excluding hydrogens is 228 g/mol. The Balaban J connectivity index is 3.09. The summed E-state index contributed by atoms with van der Waals surface area (Å²) in [4.78, 5) is 19.6. The number of primary amides is 1. The second kappa shape index (κ2) is 5.33. The van der Waals surface area contributed by atoms with Gasteiger partial charge in [-0.3, -0.25) is 4.79 Å². The molecule has 0 aliphatic heterocycles. The SMILES string of the molecule is CC[C@@H](Nc1nc(C)ncc1C(N)=O)C(C)(C)C. The monoisotopic (exact) mass is 250 g/mol. The van der Waals surface area contributed by atoms with E-state index >= 15 is 0 Å². The van der Waals surface area contributed by atoms with E-state index in [4.69, 9.17) is 5.73 Å². The van der Waals surface area contributed by atoms with Crippen LogP contribution in [0, 0.1) is 12.3 Å². The summed E-state index contributed by atoms with van der Waals surface area (Å²) in [5.74, 6) is 0.629. The standard InChI is InChI=1S/C13H22N4O/c1-6-10(13(3,4)5)17-12-9(11(14)18)7-15-8(2)16-12/h7,10H,6H2,1-5H3,(H2,14,18)(H,15,16,17)/t10-/m1/s1. The number of hydrogen-bond acceptors (Lipinski definition) is 4. The predicted octanol–water partition coefficient (Wildman–Crippen LogP) is 2.12. The number of rotatable bonds is 4. The highest BCUT2D eigenvalue weighted by atomic mass is 16.1. The second-order valence-corrected chi connectivity index (χ2v) is 5.51. The summed E-state index contributed by atoms with van der Waals surface area (Å²) in [5.41, 5.74) is 5.74. The van der Waals surface area contributed by atoms with E-state index in [2.05, 4.69) is 43.0 Å². The van der Waals surface area contributed by atoms with E-state index in [1.165, 1.54) is 6.20 Å². The Bertz CT molecular complexity index is 437. The Morgan fingerprint density at radius 1 is 1.50 bits per heavy atom. The second-order valence-electron chi connectivity index (χ2n) is 5.51. The number of anilines is 1. The van der Waals surface area contributed by atoms with Crippen LogP contribution in [0.25, 0.3) is 0 Å². The van der Waals surface area contributed by atoms with Crippen molar-refractivity contribution >= 4 is 11.7 Å². The third kappa shape index (κ3) is 3.42. The van der Waals surface area contributed by atoms with Gasteiger partial charge < -0.3 is 11.1 Å². The Labute approximate surface area is 108 Å². The first-order chi connectivity index (χ1) is 8.25. The van der Waals surface area contributed by atoms with Crippen LogP contribution < -0.4 is 11.1 Å². The zero-order chi connectivity index (χ0) is 13.9. The van der Waals surface area contributed by atoms with Crippen molar-refractivity contribution in [2.45, 2.75) is 47.1 Å². The molecule has 0 radical (unpaired) electrons. The third-order valence-electron chi connectivity index (χ3n) is 2.94. The summed E-state index contributed by atoms with van der Waals surface area (Å²) >= 11 is 0. The first-order valence-electron chi connectivity index (χ1n) is 6.15. The number of nitrogens with one attached hydrogen (secondary N) is 1. The molecule has 1 aromatic heterocycles. The molecule has 1 aromatic rings. The van der Waals surface area contributed by atoms with Crippen molar-refractivity contribution in [3.63, 3.8) is 0 Å². The van der Waals surface area contributed by atoms with E-state index in [-0.39, 0.29) is 11.5 Å². The van der Waals surface area contributed by atoms with Crippen LogP contribution in [0.15, 0.2) is 6.20 Å². The molecule has 5 nitrogen and oxygen atoms in total. The van der Waals surface area contributed by atoms with Gasteiger partial charge in [0.05, 0.1) is 5.56 Å². The van der Waals surface area contributed by atoms with Gasteiger partial charge in [0.15, 0.2) is 0 Å². The number of hydrogen-bond donors (Lipinski definition) is 2. The quantitative estimate of drug-likeness (QED) is 0.857. The van der Waals surface area contributed by atoms with Gasteiger partial charge in [-0.2, -0.15) is 0 Å². The summed E-state index contributed by atoms with van der Waals surface area (Å²) < 4.78 is 0. The number of nitrogens with two attached hydrogens (primary N) is 1.